The third kappa shape index (κ3) is 2.66. The van der Waals surface area contributed by atoms with Gasteiger partial charge in [-0.25, -0.2) is 4.90 Å². The van der Waals surface area contributed by atoms with E-state index in [0.717, 1.165) is 4.90 Å². The van der Waals surface area contributed by atoms with Crippen LogP contribution in [0.3, 0.4) is 0 Å². The molecule has 3 aliphatic rings. The van der Waals surface area contributed by atoms with Gasteiger partial charge < -0.3 is 9.64 Å². The first-order chi connectivity index (χ1) is 12.6. The van der Waals surface area contributed by atoms with Gasteiger partial charge in [-0.1, -0.05) is 12.2 Å². The molecular formula is C18H19N3O5. The van der Waals surface area contributed by atoms with Gasteiger partial charge in [0.2, 0.25) is 11.8 Å². The Balaban J connectivity index is 1.69. The highest BCUT2D eigenvalue weighted by Gasteiger charge is 2.48. The molecule has 8 nitrogen and oxygen atoms in total. The summed E-state index contributed by atoms with van der Waals surface area (Å²) in [7, 11) is 0. The number of nitro benzene ring substituents is 1. The zero-order chi connectivity index (χ0) is 18.3. The fraction of sp³-hybridized carbons (Fsp3) is 0.444. The molecule has 0 unspecified atom stereocenters. The van der Waals surface area contributed by atoms with Crippen molar-refractivity contribution >= 4 is 28.9 Å². The smallest absolute Gasteiger partial charge is 0.294 e. The normalized spacial score (nSPS) is 25.5. The van der Waals surface area contributed by atoms with Gasteiger partial charge in [0, 0.05) is 19.2 Å². The number of rotatable bonds is 3. The van der Waals surface area contributed by atoms with Crippen LogP contribution in [-0.2, 0) is 14.3 Å². The van der Waals surface area contributed by atoms with E-state index in [1.165, 1.54) is 6.07 Å². The number of fused-ring (bicyclic) bond motifs is 1. The Morgan fingerprint density at radius 2 is 1.65 bits per heavy atom. The number of anilines is 2. The molecule has 0 saturated carbocycles. The lowest BCUT2D eigenvalue weighted by atomic mass is 9.85. The quantitative estimate of drug-likeness (QED) is 0.355. The van der Waals surface area contributed by atoms with E-state index in [4.69, 9.17) is 4.74 Å². The molecule has 0 aromatic heterocycles. The molecule has 26 heavy (non-hydrogen) atoms. The molecule has 2 heterocycles. The molecule has 1 aromatic rings. The third-order valence-corrected chi connectivity index (χ3v) is 5.27. The molecule has 1 aromatic carbocycles. The van der Waals surface area contributed by atoms with Crippen molar-refractivity contribution in [2.24, 2.45) is 11.8 Å². The fourth-order valence-corrected chi connectivity index (χ4v) is 3.92. The van der Waals surface area contributed by atoms with Crippen molar-refractivity contribution in [3.8, 4) is 0 Å². The number of carbonyl (C=O) groups is 2. The molecule has 0 radical (unpaired) electrons. The molecule has 0 bridgehead atoms. The summed E-state index contributed by atoms with van der Waals surface area (Å²) in [4.78, 5) is 39.5. The van der Waals surface area contributed by atoms with Crippen LogP contribution < -0.4 is 9.80 Å². The maximum absolute atomic E-state index is 12.7. The number of nitro groups is 1. The molecule has 2 atom stereocenters. The Morgan fingerprint density at radius 3 is 2.23 bits per heavy atom. The Hall–Kier alpha value is -2.74. The second-order valence-electron chi connectivity index (χ2n) is 6.70. The third-order valence-electron chi connectivity index (χ3n) is 5.27. The van der Waals surface area contributed by atoms with Gasteiger partial charge in [0.15, 0.2) is 0 Å². The zero-order valence-corrected chi connectivity index (χ0v) is 14.2. The minimum Gasteiger partial charge on any atom is -0.378 e. The van der Waals surface area contributed by atoms with Crippen molar-refractivity contribution in [1.29, 1.82) is 0 Å². The molecule has 4 rings (SSSR count). The standard InChI is InChI=1S/C18H19N3O5/c22-17-13-3-1-2-4-14(13)18(23)20(17)12-5-6-15(16(11-12)21(24)25)19-7-9-26-10-8-19/h1-2,5-6,11,13-14H,3-4,7-10H2/t13-,14-/m0/s1. The van der Waals surface area contributed by atoms with Gasteiger partial charge in [0.25, 0.3) is 5.69 Å². The van der Waals surface area contributed by atoms with Crippen LogP contribution in [0.25, 0.3) is 0 Å². The van der Waals surface area contributed by atoms with Crippen molar-refractivity contribution in [1.82, 2.24) is 0 Å². The van der Waals surface area contributed by atoms with Gasteiger partial charge in [-0.3, -0.25) is 19.7 Å². The van der Waals surface area contributed by atoms with E-state index in [-0.39, 0.29) is 35.0 Å². The van der Waals surface area contributed by atoms with Crippen LogP contribution >= 0.6 is 0 Å². The summed E-state index contributed by atoms with van der Waals surface area (Å²) in [5, 5.41) is 11.6. The number of ether oxygens (including phenoxy) is 1. The summed E-state index contributed by atoms with van der Waals surface area (Å²) in [6.07, 6.45) is 4.92. The van der Waals surface area contributed by atoms with E-state index in [1.807, 2.05) is 17.1 Å². The maximum Gasteiger partial charge on any atom is 0.294 e. The van der Waals surface area contributed by atoms with Gasteiger partial charge in [-0.2, -0.15) is 0 Å². The lowest BCUT2D eigenvalue weighted by Gasteiger charge is -2.28. The van der Waals surface area contributed by atoms with E-state index in [9.17, 15) is 19.7 Å². The minimum absolute atomic E-state index is 0.0991. The molecule has 8 heteroatoms. The van der Waals surface area contributed by atoms with Gasteiger partial charge >= 0.3 is 0 Å². The van der Waals surface area contributed by atoms with Crippen LogP contribution in [0.15, 0.2) is 30.4 Å². The van der Waals surface area contributed by atoms with Crippen LogP contribution in [0.2, 0.25) is 0 Å². The van der Waals surface area contributed by atoms with Crippen LogP contribution in [0.5, 0.6) is 0 Å². The SMILES string of the molecule is O=C1[C@H]2CC=CC[C@@H]2C(=O)N1c1ccc(N2CCOCC2)c([N+](=O)[O-])c1. The lowest BCUT2D eigenvalue weighted by Crippen LogP contribution is -2.36. The first-order valence-corrected chi connectivity index (χ1v) is 8.72. The average Bonchev–Trinajstić information content (AvgIpc) is 2.93. The summed E-state index contributed by atoms with van der Waals surface area (Å²) in [6.45, 7) is 2.16. The highest BCUT2D eigenvalue weighted by molar-refractivity contribution is 6.22. The molecule has 2 fully saturated rings. The number of hydrogen-bond acceptors (Lipinski definition) is 6. The van der Waals surface area contributed by atoms with Gasteiger partial charge in [-0.05, 0) is 25.0 Å². The molecule has 2 saturated heterocycles. The number of amides is 2. The van der Waals surface area contributed by atoms with Gasteiger partial charge in [0.05, 0.1) is 35.7 Å². The molecule has 136 valence electrons. The molecule has 0 spiro atoms. The first kappa shape index (κ1) is 16.7. The van der Waals surface area contributed by atoms with Crippen molar-refractivity contribution in [3.63, 3.8) is 0 Å². The molecule has 2 aliphatic heterocycles. The topological polar surface area (TPSA) is 93.0 Å². The average molecular weight is 357 g/mol. The fourth-order valence-electron chi connectivity index (χ4n) is 3.92. The summed E-state index contributed by atoms with van der Waals surface area (Å²) in [5.74, 6) is -1.24. The molecular weight excluding hydrogens is 338 g/mol. The van der Waals surface area contributed by atoms with Crippen LogP contribution in [0.1, 0.15) is 12.8 Å². The highest BCUT2D eigenvalue weighted by atomic mass is 16.6. The van der Waals surface area contributed by atoms with Crippen molar-refractivity contribution < 1.29 is 19.2 Å². The Morgan fingerprint density at radius 1 is 1.04 bits per heavy atom. The highest BCUT2D eigenvalue weighted by Crippen LogP contribution is 2.40. The second kappa shape index (κ2) is 6.53. The van der Waals surface area contributed by atoms with Gasteiger partial charge in [0.1, 0.15) is 5.69 Å². The predicted octanol–water partition coefficient (Wildman–Crippen LogP) is 1.89. The largest absolute Gasteiger partial charge is 0.378 e. The number of benzene rings is 1. The van der Waals surface area contributed by atoms with Crippen LogP contribution in [0, 0.1) is 22.0 Å². The molecule has 2 amide bonds. The van der Waals surface area contributed by atoms with E-state index in [0.29, 0.717) is 44.8 Å². The lowest BCUT2D eigenvalue weighted by molar-refractivity contribution is -0.384. The van der Waals surface area contributed by atoms with Crippen LogP contribution in [-0.4, -0.2) is 43.0 Å². The summed E-state index contributed by atoms with van der Waals surface area (Å²) in [6, 6.07) is 4.59. The molecule has 0 N–H and O–H groups in total. The number of hydrogen-bond donors (Lipinski definition) is 0. The van der Waals surface area contributed by atoms with E-state index >= 15 is 0 Å². The Labute approximate surface area is 150 Å². The Bertz CT molecular complexity index is 774. The monoisotopic (exact) mass is 357 g/mol. The zero-order valence-electron chi connectivity index (χ0n) is 14.2. The second-order valence-corrected chi connectivity index (χ2v) is 6.70. The summed E-state index contributed by atoms with van der Waals surface area (Å²) < 4.78 is 5.29. The van der Waals surface area contributed by atoms with E-state index < -0.39 is 4.92 Å². The number of nitrogens with zero attached hydrogens (tertiary/aromatic N) is 3. The first-order valence-electron chi connectivity index (χ1n) is 8.72. The van der Waals surface area contributed by atoms with E-state index in [2.05, 4.69) is 0 Å². The minimum atomic E-state index is -0.464. The maximum atomic E-state index is 12.7. The summed E-state index contributed by atoms with van der Waals surface area (Å²) in [5.41, 5.74) is 0.663. The number of morpholine rings is 1. The number of allylic oxidation sites excluding steroid dienone is 2. The van der Waals surface area contributed by atoms with Crippen molar-refractivity contribution in [2.75, 3.05) is 36.1 Å². The van der Waals surface area contributed by atoms with Crippen molar-refractivity contribution in [2.45, 2.75) is 12.8 Å². The molecule has 1 aliphatic carbocycles. The van der Waals surface area contributed by atoms with E-state index in [1.54, 1.807) is 12.1 Å². The van der Waals surface area contributed by atoms with Gasteiger partial charge in [-0.15, -0.1) is 0 Å². The van der Waals surface area contributed by atoms with Crippen LogP contribution in [0.4, 0.5) is 17.1 Å². The van der Waals surface area contributed by atoms with Crippen molar-refractivity contribution in [3.05, 3.63) is 40.5 Å². The number of imide groups is 1. The number of carbonyl (C=O) groups excluding carboxylic acids is 2. The Kier molecular flexibility index (Phi) is 4.20. The summed E-state index contributed by atoms with van der Waals surface area (Å²) >= 11 is 0. The predicted molar refractivity (Wildman–Crippen MR) is 94.0 cm³/mol.